The monoisotopic (exact) mass is 294 g/mol. The fourth-order valence-electron chi connectivity index (χ4n) is 1.55. The zero-order chi connectivity index (χ0) is 15.7. The van der Waals surface area contributed by atoms with Crippen LogP contribution in [0, 0.1) is 0 Å². The molecule has 1 rings (SSSR count). The van der Waals surface area contributed by atoms with Crippen LogP contribution < -0.4 is 10.6 Å². The number of carbonyl (C=O) groups excluding carboxylic acids is 2. The van der Waals surface area contributed by atoms with Crippen molar-refractivity contribution in [2.45, 2.75) is 12.5 Å². The smallest absolute Gasteiger partial charge is 0.334 e. The zero-order valence-electron chi connectivity index (χ0n) is 11.7. The van der Waals surface area contributed by atoms with E-state index in [0.717, 1.165) is 0 Å². The average Bonchev–Trinajstić information content (AvgIpc) is 2.48. The van der Waals surface area contributed by atoms with Crippen LogP contribution in [0.25, 0.3) is 0 Å². The van der Waals surface area contributed by atoms with Crippen molar-refractivity contribution in [1.82, 2.24) is 10.6 Å². The maximum absolute atomic E-state index is 11.7. The molecule has 0 radical (unpaired) electrons. The van der Waals surface area contributed by atoms with Crippen LogP contribution in [0.2, 0.25) is 0 Å². The Balaban J connectivity index is 2.25. The highest BCUT2D eigenvalue weighted by Crippen LogP contribution is 1.97. The molecule has 7 heteroatoms. The summed E-state index contributed by atoms with van der Waals surface area (Å²) in [5.74, 6) is -1.76. The summed E-state index contributed by atoms with van der Waals surface area (Å²) in [6.07, 6.45) is -1.01. The lowest BCUT2D eigenvalue weighted by molar-refractivity contribution is -0.148. The number of hydrogen-bond acceptors (Lipinski definition) is 4. The summed E-state index contributed by atoms with van der Waals surface area (Å²) in [5.41, 5.74) is 0.517. The van der Waals surface area contributed by atoms with E-state index in [1.807, 2.05) is 0 Å². The van der Waals surface area contributed by atoms with Gasteiger partial charge in [0, 0.05) is 25.6 Å². The van der Waals surface area contributed by atoms with Crippen LogP contribution in [0.3, 0.4) is 0 Å². The molecule has 0 saturated heterocycles. The summed E-state index contributed by atoms with van der Waals surface area (Å²) in [6, 6.07) is 8.65. The Hall–Kier alpha value is -2.41. The Labute approximate surface area is 122 Å². The fraction of sp³-hybridized carbons (Fsp3) is 0.357. The van der Waals surface area contributed by atoms with Gasteiger partial charge in [-0.1, -0.05) is 18.2 Å². The summed E-state index contributed by atoms with van der Waals surface area (Å²) < 4.78 is 4.68. The number of carboxylic acids is 1. The van der Waals surface area contributed by atoms with Gasteiger partial charge in [0.2, 0.25) is 5.91 Å². The van der Waals surface area contributed by atoms with E-state index < -0.39 is 12.1 Å². The molecule has 3 N–H and O–H groups in total. The second-order valence-electron chi connectivity index (χ2n) is 4.24. The van der Waals surface area contributed by atoms with Gasteiger partial charge in [0.15, 0.2) is 6.10 Å². The maximum atomic E-state index is 11.7. The van der Waals surface area contributed by atoms with Crippen LogP contribution in [-0.2, 0) is 14.3 Å². The first-order chi connectivity index (χ1) is 10.0. The van der Waals surface area contributed by atoms with Crippen LogP contribution >= 0.6 is 0 Å². The van der Waals surface area contributed by atoms with Crippen molar-refractivity contribution in [2.75, 3.05) is 20.2 Å². The lowest BCUT2D eigenvalue weighted by Gasteiger charge is -2.11. The topological polar surface area (TPSA) is 105 Å². The highest BCUT2D eigenvalue weighted by Gasteiger charge is 2.16. The number of aliphatic carboxylic acids is 1. The summed E-state index contributed by atoms with van der Waals surface area (Å²) in [4.78, 5) is 33.9. The Bertz CT molecular complexity index is 489. The first kappa shape index (κ1) is 16.6. The van der Waals surface area contributed by atoms with Gasteiger partial charge in [0.1, 0.15) is 0 Å². The molecule has 1 aromatic rings. The fourth-order valence-corrected chi connectivity index (χ4v) is 1.55. The molecule has 0 bridgehead atoms. The second kappa shape index (κ2) is 8.70. The highest BCUT2D eigenvalue weighted by molar-refractivity contribution is 5.94. The molecule has 0 aliphatic rings. The molecule has 2 amide bonds. The van der Waals surface area contributed by atoms with E-state index in [9.17, 15) is 14.4 Å². The SMILES string of the molecule is COC(CNC(=O)CCNC(=O)c1ccccc1)C(=O)O. The number of amides is 2. The predicted octanol–water partition coefficient (Wildman–Crippen LogP) is 0.0223. The summed E-state index contributed by atoms with van der Waals surface area (Å²) in [7, 11) is 1.25. The first-order valence-corrected chi connectivity index (χ1v) is 6.40. The third kappa shape index (κ3) is 6.05. The van der Waals surface area contributed by atoms with Crippen molar-refractivity contribution in [2.24, 2.45) is 0 Å². The average molecular weight is 294 g/mol. The molecule has 0 fully saturated rings. The van der Waals surface area contributed by atoms with Crippen LogP contribution in [0.4, 0.5) is 0 Å². The predicted molar refractivity (Wildman–Crippen MR) is 74.8 cm³/mol. The van der Waals surface area contributed by atoms with Gasteiger partial charge in [-0.2, -0.15) is 0 Å². The van der Waals surface area contributed by atoms with Crippen LogP contribution in [0.1, 0.15) is 16.8 Å². The van der Waals surface area contributed by atoms with E-state index in [1.54, 1.807) is 30.3 Å². The Kier molecular flexibility index (Phi) is 6.90. The quantitative estimate of drug-likeness (QED) is 0.627. The van der Waals surface area contributed by atoms with E-state index in [2.05, 4.69) is 15.4 Å². The Morgan fingerprint density at radius 1 is 1.19 bits per heavy atom. The molecule has 0 saturated carbocycles. The highest BCUT2D eigenvalue weighted by atomic mass is 16.5. The van der Waals surface area contributed by atoms with Gasteiger partial charge in [-0.25, -0.2) is 4.79 Å². The molecule has 114 valence electrons. The number of carboxylic acid groups (broad SMARTS) is 1. The minimum absolute atomic E-state index is 0.0641. The van der Waals surface area contributed by atoms with Crippen molar-refractivity contribution < 1.29 is 24.2 Å². The standard InChI is InChI=1S/C14H18N2O5/c1-21-11(14(19)20)9-16-12(17)7-8-15-13(18)10-5-3-2-4-6-10/h2-6,11H,7-9H2,1H3,(H,15,18)(H,16,17)(H,19,20). The molecule has 0 aliphatic carbocycles. The van der Waals surface area contributed by atoms with Gasteiger partial charge >= 0.3 is 5.97 Å². The number of hydrogen-bond donors (Lipinski definition) is 3. The van der Waals surface area contributed by atoms with Crippen LogP contribution in [0.5, 0.6) is 0 Å². The van der Waals surface area contributed by atoms with Crippen molar-refractivity contribution >= 4 is 17.8 Å². The van der Waals surface area contributed by atoms with Crippen molar-refractivity contribution in [1.29, 1.82) is 0 Å². The molecule has 21 heavy (non-hydrogen) atoms. The molecular weight excluding hydrogens is 276 g/mol. The molecular formula is C14H18N2O5. The van der Waals surface area contributed by atoms with Crippen molar-refractivity contribution in [3.8, 4) is 0 Å². The molecule has 0 aliphatic heterocycles. The normalized spacial score (nSPS) is 11.5. The van der Waals surface area contributed by atoms with Crippen molar-refractivity contribution in [3.63, 3.8) is 0 Å². The first-order valence-electron chi connectivity index (χ1n) is 6.40. The molecule has 7 nitrogen and oxygen atoms in total. The summed E-state index contributed by atoms with van der Waals surface area (Å²) >= 11 is 0. The molecule has 1 unspecified atom stereocenters. The number of benzene rings is 1. The van der Waals surface area contributed by atoms with E-state index in [-0.39, 0.29) is 31.3 Å². The van der Waals surface area contributed by atoms with Gasteiger partial charge in [0.05, 0.1) is 6.54 Å². The molecule has 0 aromatic heterocycles. The van der Waals surface area contributed by atoms with Gasteiger partial charge in [-0.15, -0.1) is 0 Å². The van der Waals surface area contributed by atoms with E-state index in [0.29, 0.717) is 5.56 Å². The number of methoxy groups -OCH3 is 1. The van der Waals surface area contributed by atoms with Gasteiger partial charge in [-0.3, -0.25) is 9.59 Å². The maximum Gasteiger partial charge on any atom is 0.334 e. The Morgan fingerprint density at radius 2 is 1.86 bits per heavy atom. The lowest BCUT2D eigenvalue weighted by atomic mass is 10.2. The largest absolute Gasteiger partial charge is 0.479 e. The Morgan fingerprint density at radius 3 is 2.43 bits per heavy atom. The van der Waals surface area contributed by atoms with Crippen LogP contribution in [-0.4, -0.2) is 49.2 Å². The number of rotatable bonds is 8. The van der Waals surface area contributed by atoms with Gasteiger partial charge < -0.3 is 20.5 Å². The number of nitrogens with one attached hydrogen (secondary N) is 2. The molecule has 1 atom stereocenters. The minimum Gasteiger partial charge on any atom is -0.479 e. The second-order valence-corrected chi connectivity index (χ2v) is 4.24. The van der Waals surface area contributed by atoms with E-state index in [1.165, 1.54) is 7.11 Å². The van der Waals surface area contributed by atoms with E-state index >= 15 is 0 Å². The lowest BCUT2D eigenvalue weighted by Crippen LogP contribution is -2.39. The molecule has 1 aromatic carbocycles. The van der Waals surface area contributed by atoms with Crippen LogP contribution in [0.15, 0.2) is 30.3 Å². The van der Waals surface area contributed by atoms with E-state index in [4.69, 9.17) is 5.11 Å². The minimum atomic E-state index is -1.14. The third-order valence-corrected chi connectivity index (χ3v) is 2.72. The third-order valence-electron chi connectivity index (χ3n) is 2.72. The molecule has 0 spiro atoms. The zero-order valence-corrected chi connectivity index (χ0v) is 11.7. The number of ether oxygens (including phenoxy) is 1. The van der Waals surface area contributed by atoms with Gasteiger partial charge in [-0.05, 0) is 12.1 Å². The summed E-state index contributed by atoms with van der Waals surface area (Å²) in [6.45, 7) is 0.0571. The summed E-state index contributed by atoms with van der Waals surface area (Å²) in [5, 5.41) is 13.8. The van der Waals surface area contributed by atoms with Gasteiger partial charge in [0.25, 0.3) is 5.91 Å². The molecule has 0 heterocycles. The number of carbonyl (C=O) groups is 3. The van der Waals surface area contributed by atoms with Crippen molar-refractivity contribution in [3.05, 3.63) is 35.9 Å².